The van der Waals surface area contributed by atoms with Gasteiger partial charge in [-0.05, 0) is 42.8 Å². The molecule has 6 heteroatoms. The number of nitriles is 1. The molecule has 22 heavy (non-hydrogen) atoms. The summed E-state index contributed by atoms with van der Waals surface area (Å²) in [5.41, 5.74) is 2.49. The number of halogens is 1. The molecule has 0 bridgehead atoms. The molecule has 0 aliphatic rings. The van der Waals surface area contributed by atoms with Crippen LogP contribution in [0.3, 0.4) is 0 Å². The number of nitrogens with zero attached hydrogens (tertiary/aromatic N) is 2. The molecule has 0 unspecified atom stereocenters. The minimum Gasteiger partial charge on any atom is -0.464 e. The monoisotopic (exact) mass is 299 g/mol. The molecule has 1 N–H and O–H groups in total. The van der Waals surface area contributed by atoms with Gasteiger partial charge in [0.2, 0.25) is 0 Å². The predicted octanol–water partition coefficient (Wildman–Crippen LogP) is 2.80. The predicted molar refractivity (Wildman–Crippen MR) is 78.8 cm³/mol. The average Bonchev–Trinajstić information content (AvgIpc) is 2.52. The van der Waals surface area contributed by atoms with Gasteiger partial charge in [0.1, 0.15) is 11.5 Å². The lowest BCUT2D eigenvalue weighted by Gasteiger charge is -2.10. The van der Waals surface area contributed by atoms with E-state index in [1.165, 1.54) is 19.2 Å². The first-order valence-corrected chi connectivity index (χ1v) is 6.53. The molecular weight excluding hydrogens is 285 g/mol. The zero-order chi connectivity index (χ0) is 16.1. The Balaban J connectivity index is 2.14. The summed E-state index contributed by atoms with van der Waals surface area (Å²) in [5, 5.41) is 11.9. The zero-order valence-corrected chi connectivity index (χ0v) is 12.2. The Kier molecular flexibility index (Phi) is 4.69. The average molecular weight is 299 g/mol. The van der Waals surface area contributed by atoms with Gasteiger partial charge < -0.3 is 10.1 Å². The number of anilines is 1. The van der Waals surface area contributed by atoms with E-state index in [4.69, 9.17) is 5.26 Å². The minimum atomic E-state index is -0.501. The van der Waals surface area contributed by atoms with Gasteiger partial charge in [-0.3, -0.25) is 0 Å². The Morgan fingerprint density at radius 3 is 2.82 bits per heavy atom. The van der Waals surface area contributed by atoms with Gasteiger partial charge >= 0.3 is 5.97 Å². The third-order valence-corrected chi connectivity index (χ3v) is 3.05. The van der Waals surface area contributed by atoms with Crippen LogP contribution in [0.4, 0.5) is 10.1 Å². The van der Waals surface area contributed by atoms with Crippen molar-refractivity contribution in [1.82, 2.24) is 4.98 Å². The summed E-state index contributed by atoms with van der Waals surface area (Å²) in [4.78, 5) is 15.5. The van der Waals surface area contributed by atoms with E-state index in [0.29, 0.717) is 17.8 Å². The van der Waals surface area contributed by atoms with Crippen LogP contribution in [-0.2, 0) is 11.3 Å². The molecule has 112 valence electrons. The summed E-state index contributed by atoms with van der Waals surface area (Å²) in [5.74, 6) is -0.954. The Bertz CT molecular complexity index is 754. The molecule has 0 saturated heterocycles. The highest BCUT2D eigenvalue weighted by Gasteiger charge is 2.09. The molecule has 0 aliphatic carbocycles. The number of rotatable bonds is 4. The summed E-state index contributed by atoms with van der Waals surface area (Å²) < 4.78 is 18.0. The molecule has 1 aromatic carbocycles. The first-order valence-electron chi connectivity index (χ1n) is 6.53. The van der Waals surface area contributed by atoms with Gasteiger partial charge in [-0.25, -0.2) is 14.2 Å². The number of hydrogen-bond donors (Lipinski definition) is 1. The van der Waals surface area contributed by atoms with Crippen LogP contribution in [0.15, 0.2) is 30.3 Å². The normalized spacial score (nSPS) is 9.91. The van der Waals surface area contributed by atoms with Crippen LogP contribution in [0.25, 0.3) is 0 Å². The second-order valence-corrected chi connectivity index (χ2v) is 4.63. The second-order valence-electron chi connectivity index (χ2n) is 4.63. The van der Waals surface area contributed by atoms with Crippen LogP contribution in [0.1, 0.15) is 27.3 Å². The molecular formula is C16H14FN3O2. The summed E-state index contributed by atoms with van der Waals surface area (Å²) in [7, 11) is 1.29. The van der Waals surface area contributed by atoms with Crippen molar-refractivity contribution in [2.75, 3.05) is 12.4 Å². The Morgan fingerprint density at radius 2 is 2.18 bits per heavy atom. The quantitative estimate of drug-likeness (QED) is 0.879. The van der Waals surface area contributed by atoms with Crippen molar-refractivity contribution in [2.24, 2.45) is 0 Å². The van der Waals surface area contributed by atoms with Crippen molar-refractivity contribution in [3.63, 3.8) is 0 Å². The van der Waals surface area contributed by atoms with E-state index in [9.17, 15) is 9.18 Å². The van der Waals surface area contributed by atoms with Gasteiger partial charge in [-0.1, -0.05) is 0 Å². The molecule has 0 amide bonds. The number of aryl methyl sites for hydroxylation is 1. The topological polar surface area (TPSA) is 75.0 Å². The smallest absolute Gasteiger partial charge is 0.356 e. The Morgan fingerprint density at radius 1 is 1.41 bits per heavy atom. The molecule has 0 atom stereocenters. The molecule has 0 aliphatic heterocycles. The number of carbonyl (C=O) groups is 1. The van der Waals surface area contributed by atoms with Gasteiger partial charge in [-0.15, -0.1) is 0 Å². The van der Waals surface area contributed by atoms with Gasteiger partial charge in [0, 0.05) is 6.54 Å². The van der Waals surface area contributed by atoms with Crippen LogP contribution in [0.5, 0.6) is 0 Å². The summed E-state index contributed by atoms with van der Waals surface area (Å²) >= 11 is 0. The molecule has 1 aromatic heterocycles. The number of hydrogen-bond acceptors (Lipinski definition) is 5. The number of nitrogens with one attached hydrogen (secondary N) is 1. The van der Waals surface area contributed by atoms with Crippen molar-refractivity contribution in [1.29, 1.82) is 5.26 Å². The number of carbonyl (C=O) groups excluding carboxylic acids is 1. The van der Waals surface area contributed by atoms with Crippen molar-refractivity contribution >= 4 is 11.7 Å². The minimum absolute atomic E-state index is 0.225. The van der Waals surface area contributed by atoms with Crippen LogP contribution in [0.2, 0.25) is 0 Å². The summed E-state index contributed by atoms with van der Waals surface area (Å²) in [6.07, 6.45) is 0. The van der Waals surface area contributed by atoms with E-state index < -0.39 is 11.8 Å². The first kappa shape index (κ1) is 15.4. The number of pyridine rings is 1. The van der Waals surface area contributed by atoms with Crippen LogP contribution in [0, 0.1) is 24.1 Å². The molecule has 0 fully saturated rings. The maximum Gasteiger partial charge on any atom is 0.356 e. The van der Waals surface area contributed by atoms with E-state index in [1.807, 2.05) is 6.07 Å². The Hall–Kier alpha value is -2.94. The van der Waals surface area contributed by atoms with Gasteiger partial charge in [0.25, 0.3) is 0 Å². The molecule has 0 radical (unpaired) electrons. The van der Waals surface area contributed by atoms with E-state index in [0.717, 1.165) is 5.69 Å². The number of esters is 1. The van der Waals surface area contributed by atoms with Crippen LogP contribution >= 0.6 is 0 Å². The Labute approximate surface area is 127 Å². The lowest BCUT2D eigenvalue weighted by atomic mass is 10.1. The molecule has 2 rings (SSSR count). The number of methoxy groups -OCH3 is 1. The maximum absolute atomic E-state index is 13.4. The third kappa shape index (κ3) is 3.58. The molecule has 2 aromatic rings. The zero-order valence-electron chi connectivity index (χ0n) is 12.2. The van der Waals surface area contributed by atoms with Crippen molar-refractivity contribution < 1.29 is 13.9 Å². The van der Waals surface area contributed by atoms with Gasteiger partial charge in [0.15, 0.2) is 0 Å². The standard InChI is InChI=1S/C16H14FN3O2/c1-10-14(3-4-15(20-10)16(21)22-2)19-9-12-5-11(8-18)6-13(17)7-12/h3-7,19H,9H2,1-2H3. The summed E-state index contributed by atoms with van der Waals surface area (Å²) in [6, 6.07) is 9.32. The van der Waals surface area contributed by atoms with Gasteiger partial charge in [0.05, 0.1) is 30.1 Å². The highest BCUT2D eigenvalue weighted by Crippen LogP contribution is 2.16. The number of ether oxygens (including phenoxy) is 1. The molecule has 0 saturated carbocycles. The second kappa shape index (κ2) is 6.68. The largest absolute Gasteiger partial charge is 0.464 e. The van der Waals surface area contributed by atoms with E-state index in [2.05, 4.69) is 15.0 Å². The highest BCUT2D eigenvalue weighted by atomic mass is 19.1. The fourth-order valence-corrected chi connectivity index (χ4v) is 1.98. The highest BCUT2D eigenvalue weighted by molar-refractivity contribution is 5.87. The molecule has 1 heterocycles. The van der Waals surface area contributed by atoms with E-state index >= 15 is 0 Å². The molecule has 0 spiro atoms. The third-order valence-electron chi connectivity index (χ3n) is 3.05. The van der Waals surface area contributed by atoms with Crippen molar-refractivity contribution in [3.8, 4) is 6.07 Å². The SMILES string of the molecule is COC(=O)c1ccc(NCc2cc(F)cc(C#N)c2)c(C)n1. The fraction of sp³-hybridized carbons (Fsp3) is 0.188. The van der Waals surface area contributed by atoms with Crippen LogP contribution < -0.4 is 5.32 Å². The van der Waals surface area contributed by atoms with Gasteiger partial charge in [-0.2, -0.15) is 5.26 Å². The van der Waals surface area contributed by atoms with Crippen molar-refractivity contribution in [3.05, 3.63) is 58.7 Å². The fourth-order valence-electron chi connectivity index (χ4n) is 1.98. The maximum atomic E-state index is 13.4. The van der Waals surface area contributed by atoms with E-state index in [-0.39, 0.29) is 11.3 Å². The first-order chi connectivity index (χ1) is 10.5. The summed E-state index contributed by atoms with van der Waals surface area (Å²) in [6.45, 7) is 2.09. The number of aromatic nitrogens is 1. The van der Waals surface area contributed by atoms with Crippen molar-refractivity contribution in [2.45, 2.75) is 13.5 Å². The van der Waals surface area contributed by atoms with E-state index in [1.54, 1.807) is 25.1 Å². The number of benzene rings is 1. The lowest BCUT2D eigenvalue weighted by molar-refractivity contribution is 0.0594. The van der Waals surface area contributed by atoms with Crippen LogP contribution in [-0.4, -0.2) is 18.1 Å². The lowest BCUT2D eigenvalue weighted by Crippen LogP contribution is -2.08. The molecule has 5 nitrogen and oxygen atoms in total.